The normalized spacial score (nSPS) is 13.9. The Balaban J connectivity index is 1.57. The number of carbonyl (C=O) groups is 1. The Bertz CT molecular complexity index is 1820. The van der Waals surface area contributed by atoms with Crippen LogP contribution in [0.5, 0.6) is 0 Å². The van der Waals surface area contributed by atoms with E-state index in [1.54, 1.807) is 15.6 Å². The van der Waals surface area contributed by atoms with Gasteiger partial charge in [0, 0.05) is 29.4 Å². The molecule has 0 unspecified atom stereocenters. The maximum absolute atomic E-state index is 16.1. The summed E-state index contributed by atoms with van der Waals surface area (Å²) in [4.78, 5) is 17.7. The second-order valence-corrected chi connectivity index (χ2v) is 9.78. The molecule has 0 spiro atoms. The van der Waals surface area contributed by atoms with E-state index in [0.29, 0.717) is 29.5 Å². The number of hydrogen-bond donors (Lipinski definition) is 1. The molecule has 0 radical (unpaired) electrons. The first-order chi connectivity index (χ1) is 17.3. The molecule has 1 amide bonds. The van der Waals surface area contributed by atoms with E-state index in [9.17, 15) is 14.4 Å². The number of pyridine rings is 1. The summed E-state index contributed by atoms with van der Waals surface area (Å²) in [5, 5.41) is 18.8. The number of nitrogens with two attached hydrogens (primary N) is 1. The highest BCUT2D eigenvalue weighted by Crippen LogP contribution is 2.45. The molecule has 2 aromatic carbocycles. The lowest BCUT2D eigenvalue weighted by molar-refractivity contribution is -0.131. The van der Waals surface area contributed by atoms with Crippen LogP contribution in [0.25, 0.3) is 43.1 Å². The molecule has 1 aliphatic heterocycles. The van der Waals surface area contributed by atoms with E-state index in [1.807, 2.05) is 6.07 Å². The molecular formula is C24H14ClF2N7OS. The van der Waals surface area contributed by atoms with Gasteiger partial charge in [-0.15, -0.1) is 16.4 Å². The van der Waals surface area contributed by atoms with Gasteiger partial charge in [0.15, 0.2) is 5.82 Å². The largest absolute Gasteiger partial charge is 0.389 e. The number of anilines is 1. The van der Waals surface area contributed by atoms with Gasteiger partial charge in [-0.2, -0.15) is 5.26 Å². The zero-order chi connectivity index (χ0) is 25.3. The fourth-order valence-corrected chi connectivity index (χ4v) is 5.87. The SMILES string of the molecule is C=CC(=O)N1CC(n2nnc3cnc4c(F)c(-c5ccc(F)c6sc(N)c(C#N)c56)c(Cl)cc4c32)C1. The third kappa shape index (κ3) is 3.01. The van der Waals surface area contributed by atoms with Crippen molar-refractivity contribution in [3.05, 3.63) is 59.3 Å². The van der Waals surface area contributed by atoms with Crippen LogP contribution < -0.4 is 5.73 Å². The minimum atomic E-state index is -0.731. The van der Waals surface area contributed by atoms with E-state index >= 15 is 4.39 Å². The quantitative estimate of drug-likeness (QED) is 0.341. The summed E-state index contributed by atoms with van der Waals surface area (Å²) in [5.41, 5.74) is 7.23. The fourth-order valence-electron chi connectivity index (χ4n) is 4.63. The van der Waals surface area contributed by atoms with Crippen LogP contribution in [0, 0.1) is 23.0 Å². The Hall–Kier alpha value is -4.14. The van der Waals surface area contributed by atoms with Crippen molar-refractivity contribution in [2.24, 2.45) is 0 Å². The molecule has 4 heterocycles. The summed E-state index contributed by atoms with van der Waals surface area (Å²) >= 11 is 7.55. The Morgan fingerprint density at radius 3 is 2.86 bits per heavy atom. The van der Waals surface area contributed by atoms with E-state index in [0.717, 1.165) is 11.3 Å². The van der Waals surface area contributed by atoms with Crippen LogP contribution in [0.3, 0.4) is 0 Å². The minimum absolute atomic E-state index is 0.0132. The van der Waals surface area contributed by atoms with Crippen molar-refractivity contribution < 1.29 is 13.6 Å². The van der Waals surface area contributed by atoms with Gasteiger partial charge in [-0.1, -0.05) is 29.5 Å². The van der Waals surface area contributed by atoms with Gasteiger partial charge in [0.25, 0.3) is 0 Å². The molecule has 0 saturated carbocycles. The van der Waals surface area contributed by atoms with Crippen molar-refractivity contribution in [2.75, 3.05) is 18.8 Å². The van der Waals surface area contributed by atoms with E-state index in [4.69, 9.17) is 17.3 Å². The summed E-state index contributed by atoms with van der Waals surface area (Å²) in [6.45, 7) is 4.31. The van der Waals surface area contributed by atoms with Crippen LogP contribution in [0.4, 0.5) is 13.8 Å². The van der Waals surface area contributed by atoms with Crippen molar-refractivity contribution in [2.45, 2.75) is 6.04 Å². The smallest absolute Gasteiger partial charge is 0.246 e. The third-order valence-electron chi connectivity index (χ3n) is 6.38. The third-order valence-corrected chi connectivity index (χ3v) is 7.70. The number of fused-ring (bicyclic) bond motifs is 4. The molecule has 0 bridgehead atoms. The molecule has 12 heteroatoms. The number of nitrogens with zero attached hydrogens (tertiary/aromatic N) is 6. The first kappa shape index (κ1) is 22.3. The van der Waals surface area contributed by atoms with Gasteiger partial charge in [-0.25, -0.2) is 13.5 Å². The Kier molecular flexibility index (Phi) is 4.93. The molecule has 3 aromatic heterocycles. The van der Waals surface area contributed by atoms with Crippen LogP contribution in [0.2, 0.25) is 5.02 Å². The van der Waals surface area contributed by atoms with Crippen molar-refractivity contribution in [3.63, 3.8) is 0 Å². The predicted molar refractivity (Wildman–Crippen MR) is 134 cm³/mol. The van der Waals surface area contributed by atoms with Gasteiger partial charge in [0.2, 0.25) is 5.91 Å². The average Bonchev–Trinajstić information content (AvgIpc) is 3.40. The topological polar surface area (TPSA) is 114 Å². The number of halogens is 3. The number of nitriles is 1. The van der Waals surface area contributed by atoms with Crippen LogP contribution in [0.15, 0.2) is 37.1 Å². The zero-order valence-electron chi connectivity index (χ0n) is 18.3. The van der Waals surface area contributed by atoms with Crippen LogP contribution in [0.1, 0.15) is 11.6 Å². The number of hydrogen-bond acceptors (Lipinski definition) is 7. The zero-order valence-corrected chi connectivity index (χ0v) is 19.9. The molecule has 0 aliphatic carbocycles. The maximum atomic E-state index is 16.1. The summed E-state index contributed by atoms with van der Waals surface area (Å²) < 4.78 is 32.4. The number of amides is 1. The molecule has 5 aromatic rings. The van der Waals surface area contributed by atoms with Crippen molar-refractivity contribution in [1.82, 2.24) is 24.9 Å². The fraction of sp³-hybridized carbons (Fsp3) is 0.125. The van der Waals surface area contributed by atoms with Gasteiger partial charge < -0.3 is 10.6 Å². The first-order valence-corrected chi connectivity index (χ1v) is 11.9. The molecular weight excluding hydrogens is 508 g/mol. The van der Waals surface area contributed by atoms with Crippen molar-refractivity contribution >= 4 is 65.9 Å². The highest BCUT2D eigenvalue weighted by Gasteiger charge is 2.33. The molecule has 178 valence electrons. The maximum Gasteiger partial charge on any atom is 0.246 e. The van der Waals surface area contributed by atoms with E-state index in [-0.39, 0.29) is 54.3 Å². The predicted octanol–water partition coefficient (Wildman–Crippen LogP) is 4.82. The summed E-state index contributed by atoms with van der Waals surface area (Å²) in [5.74, 6) is -1.48. The highest BCUT2D eigenvalue weighted by atomic mass is 35.5. The van der Waals surface area contributed by atoms with E-state index in [2.05, 4.69) is 21.9 Å². The van der Waals surface area contributed by atoms with Gasteiger partial charge in [-0.3, -0.25) is 9.78 Å². The average molecular weight is 522 g/mol. The number of benzene rings is 2. The number of thiophene rings is 1. The van der Waals surface area contributed by atoms with Crippen LogP contribution in [-0.2, 0) is 4.79 Å². The molecule has 1 saturated heterocycles. The van der Waals surface area contributed by atoms with E-state index in [1.165, 1.54) is 24.4 Å². The second-order valence-electron chi connectivity index (χ2n) is 8.32. The summed E-state index contributed by atoms with van der Waals surface area (Å²) in [6, 6.07) is 5.96. The molecule has 2 N–H and O–H groups in total. The molecule has 1 aliphatic rings. The van der Waals surface area contributed by atoms with E-state index < -0.39 is 11.6 Å². The van der Waals surface area contributed by atoms with Gasteiger partial charge in [0.1, 0.15) is 33.4 Å². The van der Waals surface area contributed by atoms with Gasteiger partial charge in [0.05, 0.1) is 27.5 Å². The molecule has 1 fully saturated rings. The van der Waals surface area contributed by atoms with Crippen LogP contribution >= 0.6 is 22.9 Å². The highest BCUT2D eigenvalue weighted by molar-refractivity contribution is 7.23. The summed E-state index contributed by atoms with van der Waals surface area (Å²) in [7, 11) is 0. The number of nitrogen functional groups attached to an aromatic ring is 1. The number of rotatable bonds is 3. The Labute approximate surface area is 210 Å². The number of likely N-dealkylation sites (tertiary alicyclic amines) is 1. The van der Waals surface area contributed by atoms with Gasteiger partial charge >= 0.3 is 0 Å². The lowest BCUT2D eigenvalue weighted by Crippen LogP contribution is -2.50. The first-order valence-electron chi connectivity index (χ1n) is 10.7. The standard InChI is InChI=1S/C24H14ClF2N7OS/c1-2-17(35)33-8-10(9-33)34-22-12-5-14(25)19(20(27)21(12)30-7-16(22)31-32-34)11-3-4-15(26)23-18(11)13(6-28)24(29)36-23/h2-5,7,10H,1,8-9,29H2. The molecule has 6 rings (SSSR count). The monoisotopic (exact) mass is 521 g/mol. The summed E-state index contributed by atoms with van der Waals surface area (Å²) in [6.07, 6.45) is 2.66. The van der Waals surface area contributed by atoms with Crippen LogP contribution in [-0.4, -0.2) is 43.9 Å². The Morgan fingerprint density at radius 2 is 2.14 bits per heavy atom. The minimum Gasteiger partial charge on any atom is -0.389 e. The number of aromatic nitrogens is 4. The lowest BCUT2D eigenvalue weighted by atomic mass is 9.97. The Morgan fingerprint density at radius 1 is 1.36 bits per heavy atom. The van der Waals surface area contributed by atoms with Crippen molar-refractivity contribution in [1.29, 1.82) is 5.26 Å². The molecule has 8 nitrogen and oxygen atoms in total. The van der Waals surface area contributed by atoms with Gasteiger partial charge in [-0.05, 0) is 23.8 Å². The molecule has 36 heavy (non-hydrogen) atoms. The molecule has 0 atom stereocenters. The lowest BCUT2D eigenvalue weighted by Gasteiger charge is -2.38. The van der Waals surface area contributed by atoms with Crippen molar-refractivity contribution in [3.8, 4) is 17.2 Å². The number of carbonyl (C=O) groups excluding carboxylic acids is 1. The second kappa shape index (κ2) is 7.94.